The summed E-state index contributed by atoms with van der Waals surface area (Å²) in [6, 6.07) is 23.5. The summed E-state index contributed by atoms with van der Waals surface area (Å²) < 4.78 is 31.3. The SMILES string of the molecule is Cc1ccc(N(CC(=O)N/N=C\c2cc(C)n(-c3ccc(Br)cc3)c2C)S(=O)(=O)c2ccccc2)c(C)c1. The molecule has 0 aliphatic heterocycles. The zero-order valence-electron chi connectivity index (χ0n) is 21.6. The van der Waals surface area contributed by atoms with Gasteiger partial charge in [-0.15, -0.1) is 0 Å². The molecule has 0 saturated carbocycles. The summed E-state index contributed by atoms with van der Waals surface area (Å²) in [5.41, 5.74) is 8.53. The summed E-state index contributed by atoms with van der Waals surface area (Å²) in [6.45, 7) is 7.32. The average molecular weight is 594 g/mol. The van der Waals surface area contributed by atoms with Crippen molar-refractivity contribution in [2.45, 2.75) is 32.6 Å². The molecule has 0 spiro atoms. The number of amides is 1. The van der Waals surface area contributed by atoms with Crippen LogP contribution in [0.5, 0.6) is 0 Å². The van der Waals surface area contributed by atoms with E-state index in [1.807, 2.05) is 70.2 Å². The fraction of sp³-hybridized carbons (Fsp3) is 0.172. The molecule has 4 aromatic rings. The third-order valence-electron chi connectivity index (χ3n) is 6.19. The molecule has 1 amide bonds. The van der Waals surface area contributed by atoms with Crippen LogP contribution < -0.4 is 9.73 Å². The van der Waals surface area contributed by atoms with Crippen LogP contribution in [-0.4, -0.2) is 31.7 Å². The van der Waals surface area contributed by atoms with Gasteiger partial charge < -0.3 is 4.57 Å². The quantitative estimate of drug-likeness (QED) is 0.207. The van der Waals surface area contributed by atoms with E-state index in [-0.39, 0.29) is 4.90 Å². The molecule has 9 heteroatoms. The fourth-order valence-electron chi connectivity index (χ4n) is 4.35. The minimum absolute atomic E-state index is 0.108. The van der Waals surface area contributed by atoms with Crippen LogP contribution >= 0.6 is 15.9 Å². The van der Waals surface area contributed by atoms with Gasteiger partial charge in [0.15, 0.2) is 0 Å². The maximum Gasteiger partial charge on any atom is 0.264 e. The standard InChI is InChI=1S/C29H29BrN4O3S/c1-20-10-15-28(21(2)16-20)33(38(36,37)27-8-6-5-7-9-27)19-29(35)32-31-18-24-17-22(3)34(23(24)4)26-13-11-25(30)12-14-26/h5-18H,19H2,1-4H3,(H,32,35)/b31-18-. The lowest BCUT2D eigenvalue weighted by molar-refractivity contribution is -0.119. The number of halogens is 1. The smallest absolute Gasteiger partial charge is 0.264 e. The van der Waals surface area contributed by atoms with Crippen molar-refractivity contribution in [3.63, 3.8) is 0 Å². The van der Waals surface area contributed by atoms with E-state index in [1.165, 1.54) is 12.1 Å². The van der Waals surface area contributed by atoms with Crippen molar-refractivity contribution < 1.29 is 13.2 Å². The Morgan fingerprint density at radius 2 is 1.66 bits per heavy atom. The van der Waals surface area contributed by atoms with E-state index in [4.69, 9.17) is 0 Å². The normalized spacial score (nSPS) is 11.6. The van der Waals surface area contributed by atoms with Crippen LogP contribution in [0.4, 0.5) is 5.69 Å². The summed E-state index contributed by atoms with van der Waals surface area (Å²) in [5.74, 6) is -0.553. The van der Waals surface area contributed by atoms with Crippen molar-refractivity contribution in [3.05, 3.63) is 111 Å². The van der Waals surface area contributed by atoms with Gasteiger partial charge in [-0.3, -0.25) is 9.10 Å². The molecule has 1 heterocycles. The van der Waals surface area contributed by atoms with E-state index >= 15 is 0 Å². The van der Waals surface area contributed by atoms with Crippen molar-refractivity contribution in [3.8, 4) is 5.69 Å². The molecule has 38 heavy (non-hydrogen) atoms. The first-order valence-electron chi connectivity index (χ1n) is 12.0. The van der Waals surface area contributed by atoms with Crippen molar-refractivity contribution in [1.29, 1.82) is 0 Å². The van der Waals surface area contributed by atoms with Gasteiger partial charge in [-0.25, -0.2) is 13.8 Å². The number of hydrogen-bond donors (Lipinski definition) is 1. The summed E-state index contributed by atoms with van der Waals surface area (Å²) >= 11 is 3.46. The summed E-state index contributed by atoms with van der Waals surface area (Å²) in [4.78, 5) is 13.1. The van der Waals surface area contributed by atoms with Crippen LogP contribution in [0, 0.1) is 27.7 Å². The molecule has 3 aromatic carbocycles. The molecule has 4 rings (SSSR count). The molecule has 196 valence electrons. The second-order valence-electron chi connectivity index (χ2n) is 9.05. The third kappa shape index (κ3) is 5.89. The number of anilines is 1. The Morgan fingerprint density at radius 1 is 0.974 bits per heavy atom. The van der Waals surface area contributed by atoms with Gasteiger partial charge in [0.2, 0.25) is 0 Å². The van der Waals surface area contributed by atoms with Crippen LogP contribution in [0.1, 0.15) is 28.1 Å². The number of carbonyl (C=O) groups is 1. The molecule has 7 nitrogen and oxygen atoms in total. The van der Waals surface area contributed by atoms with Gasteiger partial charge in [0.1, 0.15) is 6.54 Å². The van der Waals surface area contributed by atoms with Gasteiger partial charge in [-0.05, 0) is 81.8 Å². The molecule has 0 atom stereocenters. The maximum atomic E-state index is 13.5. The van der Waals surface area contributed by atoms with Crippen molar-refractivity contribution in [2.75, 3.05) is 10.8 Å². The van der Waals surface area contributed by atoms with Crippen LogP contribution in [-0.2, 0) is 14.8 Å². The van der Waals surface area contributed by atoms with E-state index in [1.54, 1.807) is 30.5 Å². The van der Waals surface area contributed by atoms with Gasteiger partial charge in [-0.1, -0.05) is 51.8 Å². The number of nitrogens with one attached hydrogen (secondary N) is 1. The fourth-order valence-corrected chi connectivity index (χ4v) is 6.12. The maximum absolute atomic E-state index is 13.5. The first kappa shape index (κ1) is 27.3. The number of aromatic nitrogens is 1. The third-order valence-corrected chi connectivity index (χ3v) is 8.49. The Morgan fingerprint density at radius 3 is 2.32 bits per heavy atom. The van der Waals surface area contributed by atoms with Crippen molar-refractivity contribution >= 4 is 43.8 Å². The van der Waals surface area contributed by atoms with Crippen LogP contribution in [0.3, 0.4) is 0 Å². The van der Waals surface area contributed by atoms with Gasteiger partial charge in [0, 0.05) is 27.1 Å². The predicted molar refractivity (Wildman–Crippen MR) is 156 cm³/mol. The molecule has 0 radical (unpaired) electrons. The van der Waals surface area contributed by atoms with E-state index in [0.717, 1.165) is 42.5 Å². The first-order valence-corrected chi connectivity index (χ1v) is 14.2. The first-order chi connectivity index (χ1) is 18.1. The second kappa shape index (κ2) is 11.4. The minimum atomic E-state index is -3.99. The predicted octanol–water partition coefficient (Wildman–Crippen LogP) is 5.82. The van der Waals surface area contributed by atoms with Gasteiger partial charge in [0.25, 0.3) is 15.9 Å². The zero-order chi connectivity index (χ0) is 27.4. The molecule has 0 fully saturated rings. The van der Waals surface area contributed by atoms with E-state index in [0.29, 0.717) is 5.69 Å². The molecule has 1 aromatic heterocycles. The van der Waals surface area contributed by atoms with Gasteiger partial charge in [-0.2, -0.15) is 5.10 Å². The molecule has 0 bridgehead atoms. The second-order valence-corrected chi connectivity index (χ2v) is 11.8. The lowest BCUT2D eigenvalue weighted by Crippen LogP contribution is -2.40. The zero-order valence-corrected chi connectivity index (χ0v) is 24.0. The number of carbonyl (C=O) groups excluding carboxylic acids is 1. The number of nitrogens with zero attached hydrogens (tertiary/aromatic N) is 3. The summed E-state index contributed by atoms with van der Waals surface area (Å²) in [6.07, 6.45) is 1.57. The Balaban J connectivity index is 1.56. The Bertz CT molecular complexity index is 1600. The van der Waals surface area contributed by atoms with E-state index in [9.17, 15) is 13.2 Å². The minimum Gasteiger partial charge on any atom is -0.318 e. The lowest BCUT2D eigenvalue weighted by Gasteiger charge is -2.25. The average Bonchev–Trinajstić information content (AvgIpc) is 3.16. The highest BCUT2D eigenvalue weighted by Gasteiger charge is 2.28. The summed E-state index contributed by atoms with van der Waals surface area (Å²) in [7, 11) is -3.99. The largest absolute Gasteiger partial charge is 0.318 e. The van der Waals surface area contributed by atoms with Crippen LogP contribution in [0.15, 0.2) is 93.3 Å². The topological polar surface area (TPSA) is 83.8 Å². The highest BCUT2D eigenvalue weighted by molar-refractivity contribution is 9.10. The molecule has 0 aliphatic rings. The van der Waals surface area contributed by atoms with Crippen molar-refractivity contribution in [2.24, 2.45) is 5.10 Å². The van der Waals surface area contributed by atoms with E-state index < -0.39 is 22.5 Å². The molecular formula is C29H29BrN4O3S. The van der Waals surface area contributed by atoms with Gasteiger partial charge in [0.05, 0.1) is 16.8 Å². The molecule has 1 N–H and O–H groups in total. The van der Waals surface area contributed by atoms with Crippen LogP contribution in [0.2, 0.25) is 0 Å². The molecule has 0 aliphatic carbocycles. The number of sulfonamides is 1. The number of rotatable bonds is 8. The Kier molecular flexibility index (Phi) is 8.18. The number of benzene rings is 3. The number of hydrazone groups is 1. The lowest BCUT2D eigenvalue weighted by atomic mass is 10.1. The molecular weight excluding hydrogens is 564 g/mol. The highest BCUT2D eigenvalue weighted by atomic mass is 79.9. The number of hydrogen-bond acceptors (Lipinski definition) is 4. The Labute approximate surface area is 232 Å². The van der Waals surface area contributed by atoms with Crippen LogP contribution in [0.25, 0.3) is 5.69 Å². The molecule has 0 unspecified atom stereocenters. The van der Waals surface area contributed by atoms with Gasteiger partial charge >= 0.3 is 0 Å². The highest BCUT2D eigenvalue weighted by Crippen LogP contribution is 2.27. The van der Waals surface area contributed by atoms with E-state index in [2.05, 4.69) is 31.0 Å². The van der Waals surface area contributed by atoms with Crippen molar-refractivity contribution in [1.82, 2.24) is 9.99 Å². The molecule has 0 saturated heterocycles. The number of aryl methyl sites for hydroxylation is 3. The Hall–Kier alpha value is -3.69. The summed E-state index contributed by atoms with van der Waals surface area (Å²) in [5, 5.41) is 4.14. The monoisotopic (exact) mass is 592 g/mol.